The normalized spacial score (nSPS) is 12.3. The van der Waals surface area contributed by atoms with E-state index < -0.39 is 0 Å². The van der Waals surface area contributed by atoms with E-state index in [2.05, 4.69) is 30.1 Å². The molecule has 0 unspecified atom stereocenters. The summed E-state index contributed by atoms with van der Waals surface area (Å²) in [7, 11) is 0. The third kappa shape index (κ3) is 3.49. The SMILES string of the molecule is CCN(C1=CC=CCC1)c1ccc(C(C#N)=C(C#N)C#N)cc1. The summed E-state index contributed by atoms with van der Waals surface area (Å²) in [6.07, 6.45) is 8.37. The minimum Gasteiger partial charge on any atom is -0.345 e. The Morgan fingerprint density at radius 1 is 1.09 bits per heavy atom. The minimum atomic E-state index is -0.160. The molecule has 0 N–H and O–H groups in total. The van der Waals surface area contributed by atoms with E-state index in [9.17, 15) is 5.26 Å². The van der Waals surface area contributed by atoms with Crippen molar-refractivity contribution in [1.82, 2.24) is 0 Å². The maximum atomic E-state index is 9.20. The fraction of sp³-hybridized carbons (Fsp3) is 0.211. The van der Waals surface area contributed by atoms with Crippen LogP contribution in [-0.2, 0) is 0 Å². The van der Waals surface area contributed by atoms with E-state index in [0.717, 1.165) is 25.1 Å². The number of hydrogen-bond donors (Lipinski definition) is 0. The zero-order valence-corrected chi connectivity index (χ0v) is 13.0. The van der Waals surface area contributed by atoms with Crippen LogP contribution in [0.4, 0.5) is 5.69 Å². The maximum absolute atomic E-state index is 9.20. The van der Waals surface area contributed by atoms with Gasteiger partial charge in [-0.25, -0.2) is 0 Å². The minimum absolute atomic E-state index is 0.115. The number of rotatable bonds is 4. The summed E-state index contributed by atoms with van der Waals surface area (Å²) in [5, 5.41) is 27.1. The zero-order chi connectivity index (χ0) is 16.7. The molecule has 0 aromatic heterocycles. The molecule has 0 bridgehead atoms. The molecule has 0 aliphatic heterocycles. The van der Waals surface area contributed by atoms with E-state index in [4.69, 9.17) is 10.5 Å². The van der Waals surface area contributed by atoms with E-state index in [1.54, 1.807) is 24.3 Å². The Labute approximate surface area is 136 Å². The summed E-state index contributed by atoms with van der Waals surface area (Å²) >= 11 is 0. The van der Waals surface area contributed by atoms with Gasteiger partial charge in [0.05, 0.1) is 5.57 Å². The fourth-order valence-corrected chi connectivity index (χ4v) is 2.58. The second kappa shape index (κ2) is 7.64. The lowest BCUT2D eigenvalue weighted by Gasteiger charge is -2.27. The summed E-state index contributed by atoms with van der Waals surface area (Å²) in [5.41, 5.74) is 2.83. The molecule has 0 saturated carbocycles. The highest BCUT2D eigenvalue weighted by Crippen LogP contribution is 2.26. The van der Waals surface area contributed by atoms with E-state index in [-0.39, 0.29) is 11.1 Å². The van der Waals surface area contributed by atoms with Crippen LogP contribution in [0.3, 0.4) is 0 Å². The van der Waals surface area contributed by atoms with Crippen LogP contribution in [0.15, 0.2) is 53.8 Å². The molecule has 112 valence electrons. The van der Waals surface area contributed by atoms with Gasteiger partial charge in [-0.2, -0.15) is 15.8 Å². The lowest BCUT2D eigenvalue weighted by molar-refractivity contribution is 0.847. The zero-order valence-electron chi connectivity index (χ0n) is 13.0. The maximum Gasteiger partial charge on any atom is 0.148 e. The average molecular weight is 300 g/mol. The molecule has 1 aliphatic carbocycles. The van der Waals surface area contributed by atoms with Crippen LogP contribution in [0.25, 0.3) is 5.57 Å². The van der Waals surface area contributed by atoms with E-state index >= 15 is 0 Å². The molecule has 0 amide bonds. The summed E-state index contributed by atoms with van der Waals surface area (Å²) in [6.45, 7) is 2.94. The Morgan fingerprint density at radius 3 is 2.26 bits per heavy atom. The topological polar surface area (TPSA) is 74.6 Å². The van der Waals surface area contributed by atoms with Crippen molar-refractivity contribution in [1.29, 1.82) is 15.8 Å². The van der Waals surface area contributed by atoms with E-state index in [1.165, 1.54) is 5.70 Å². The van der Waals surface area contributed by atoms with Gasteiger partial charge < -0.3 is 4.90 Å². The van der Waals surface area contributed by atoms with Gasteiger partial charge in [0.15, 0.2) is 0 Å². The molecule has 1 aromatic carbocycles. The average Bonchev–Trinajstić information content (AvgIpc) is 2.62. The molecule has 23 heavy (non-hydrogen) atoms. The number of anilines is 1. The van der Waals surface area contributed by atoms with Crippen LogP contribution < -0.4 is 4.90 Å². The number of nitrogens with zero attached hydrogens (tertiary/aromatic N) is 4. The Kier molecular flexibility index (Phi) is 5.35. The van der Waals surface area contributed by atoms with Crippen LogP contribution in [0.5, 0.6) is 0 Å². The molecular weight excluding hydrogens is 284 g/mol. The smallest absolute Gasteiger partial charge is 0.148 e. The van der Waals surface area contributed by atoms with Gasteiger partial charge in [-0.3, -0.25) is 0 Å². The number of allylic oxidation sites excluding steroid dienone is 6. The van der Waals surface area contributed by atoms with Gasteiger partial charge in [0.1, 0.15) is 23.8 Å². The Balaban J connectivity index is 2.36. The van der Waals surface area contributed by atoms with Crippen LogP contribution in [-0.4, -0.2) is 6.54 Å². The molecule has 0 saturated heterocycles. The van der Waals surface area contributed by atoms with Gasteiger partial charge in [0.25, 0.3) is 0 Å². The van der Waals surface area contributed by atoms with Crippen molar-refractivity contribution in [3.05, 3.63) is 59.3 Å². The summed E-state index contributed by atoms with van der Waals surface area (Å²) in [5.74, 6) is 0. The van der Waals surface area contributed by atoms with Gasteiger partial charge >= 0.3 is 0 Å². The van der Waals surface area contributed by atoms with Crippen molar-refractivity contribution >= 4 is 11.3 Å². The Hall–Kier alpha value is -3.29. The molecule has 2 rings (SSSR count). The molecule has 4 nitrogen and oxygen atoms in total. The first-order valence-electron chi connectivity index (χ1n) is 7.43. The van der Waals surface area contributed by atoms with Crippen LogP contribution in [0.1, 0.15) is 25.3 Å². The highest BCUT2D eigenvalue weighted by atomic mass is 15.1. The van der Waals surface area contributed by atoms with Crippen molar-refractivity contribution < 1.29 is 0 Å². The van der Waals surface area contributed by atoms with Crippen molar-refractivity contribution in [2.75, 3.05) is 11.4 Å². The Morgan fingerprint density at radius 2 is 1.78 bits per heavy atom. The molecule has 0 spiro atoms. The quantitative estimate of drug-likeness (QED) is 0.785. The first-order valence-corrected chi connectivity index (χ1v) is 7.43. The predicted molar refractivity (Wildman–Crippen MR) is 89.7 cm³/mol. The third-order valence-electron chi connectivity index (χ3n) is 3.71. The predicted octanol–water partition coefficient (Wildman–Crippen LogP) is 4.07. The van der Waals surface area contributed by atoms with Crippen molar-refractivity contribution in [2.45, 2.75) is 19.8 Å². The van der Waals surface area contributed by atoms with E-state index in [0.29, 0.717) is 5.56 Å². The van der Waals surface area contributed by atoms with Crippen molar-refractivity contribution in [3.8, 4) is 18.2 Å². The Bertz CT molecular complexity index is 774. The lowest BCUT2D eigenvalue weighted by atomic mass is 10.0. The standard InChI is InChI=1S/C19H16N4/c1-2-23(17-6-4-3-5-7-17)18-10-8-15(9-11-18)19(14-22)16(12-20)13-21/h3-4,6,8-11H,2,5,7H2,1H3. The van der Waals surface area contributed by atoms with Gasteiger partial charge in [0, 0.05) is 17.9 Å². The number of benzene rings is 1. The van der Waals surface area contributed by atoms with Gasteiger partial charge in [-0.05, 0) is 43.5 Å². The van der Waals surface area contributed by atoms with E-state index in [1.807, 2.05) is 18.2 Å². The first kappa shape index (κ1) is 16.1. The summed E-state index contributed by atoms with van der Waals surface area (Å²) in [4.78, 5) is 2.22. The van der Waals surface area contributed by atoms with Gasteiger partial charge in [-0.1, -0.05) is 24.3 Å². The van der Waals surface area contributed by atoms with Crippen LogP contribution >= 0.6 is 0 Å². The van der Waals surface area contributed by atoms with Crippen molar-refractivity contribution in [2.24, 2.45) is 0 Å². The van der Waals surface area contributed by atoms with Crippen LogP contribution in [0.2, 0.25) is 0 Å². The molecule has 0 radical (unpaired) electrons. The number of nitriles is 3. The largest absolute Gasteiger partial charge is 0.345 e. The number of hydrogen-bond acceptors (Lipinski definition) is 4. The molecule has 0 heterocycles. The van der Waals surface area contributed by atoms with Gasteiger partial charge in [0.2, 0.25) is 0 Å². The molecule has 0 fully saturated rings. The second-order valence-corrected chi connectivity index (χ2v) is 5.00. The van der Waals surface area contributed by atoms with Crippen molar-refractivity contribution in [3.63, 3.8) is 0 Å². The monoisotopic (exact) mass is 300 g/mol. The van der Waals surface area contributed by atoms with Crippen LogP contribution in [0, 0.1) is 34.0 Å². The third-order valence-corrected chi connectivity index (χ3v) is 3.71. The molecular formula is C19H16N4. The first-order chi connectivity index (χ1) is 11.2. The molecule has 1 aromatic rings. The molecule has 4 heteroatoms. The molecule has 1 aliphatic rings. The highest BCUT2D eigenvalue weighted by molar-refractivity contribution is 5.84. The second-order valence-electron chi connectivity index (χ2n) is 5.00. The molecule has 0 atom stereocenters. The highest BCUT2D eigenvalue weighted by Gasteiger charge is 2.13. The summed E-state index contributed by atoms with van der Waals surface area (Å²) in [6, 6.07) is 12.9. The lowest BCUT2D eigenvalue weighted by Crippen LogP contribution is -2.22. The van der Waals surface area contributed by atoms with Gasteiger partial charge in [-0.15, -0.1) is 0 Å². The summed E-state index contributed by atoms with van der Waals surface area (Å²) < 4.78 is 0. The fourth-order valence-electron chi connectivity index (χ4n) is 2.58.